The van der Waals surface area contributed by atoms with Crippen molar-refractivity contribution >= 4 is 11.6 Å². The zero-order valence-electron chi connectivity index (χ0n) is 18.4. The van der Waals surface area contributed by atoms with E-state index in [9.17, 15) is 9.18 Å². The first-order valence-electron chi connectivity index (χ1n) is 10.7. The van der Waals surface area contributed by atoms with Gasteiger partial charge in [0.05, 0.1) is 30.1 Å². The van der Waals surface area contributed by atoms with Gasteiger partial charge in [-0.2, -0.15) is 0 Å². The number of carbonyl (C=O) groups excluding carboxylic acids is 1. The molecular formula is C24H31FN2O4. The van der Waals surface area contributed by atoms with Gasteiger partial charge >= 0.3 is 0 Å². The minimum atomic E-state index is -0.298. The Bertz CT molecular complexity index is 866. The van der Waals surface area contributed by atoms with Crippen molar-refractivity contribution in [2.45, 2.75) is 39.5 Å². The summed E-state index contributed by atoms with van der Waals surface area (Å²) >= 11 is 0. The molecule has 0 aromatic heterocycles. The number of nitrogens with zero attached hydrogens (tertiary/aromatic N) is 1. The molecule has 1 N–H and O–H groups in total. The van der Waals surface area contributed by atoms with E-state index in [4.69, 9.17) is 14.2 Å². The van der Waals surface area contributed by atoms with Gasteiger partial charge in [0.1, 0.15) is 18.2 Å². The molecule has 0 radical (unpaired) electrons. The van der Waals surface area contributed by atoms with Crippen LogP contribution >= 0.6 is 0 Å². The van der Waals surface area contributed by atoms with E-state index in [2.05, 4.69) is 5.32 Å². The fourth-order valence-corrected chi connectivity index (χ4v) is 3.70. The zero-order valence-corrected chi connectivity index (χ0v) is 18.4. The normalized spacial score (nSPS) is 18.6. The molecule has 168 valence electrons. The number of benzene rings is 2. The fourth-order valence-electron chi connectivity index (χ4n) is 3.70. The number of carbonyl (C=O) groups is 1. The molecule has 1 aliphatic rings. The van der Waals surface area contributed by atoms with Gasteiger partial charge in [0.15, 0.2) is 0 Å². The van der Waals surface area contributed by atoms with Gasteiger partial charge in [-0.1, -0.05) is 18.2 Å². The van der Waals surface area contributed by atoms with Crippen LogP contribution in [0.1, 0.15) is 36.7 Å². The summed E-state index contributed by atoms with van der Waals surface area (Å²) in [5, 5.41) is 2.85. The van der Waals surface area contributed by atoms with Crippen molar-refractivity contribution in [2.75, 3.05) is 37.8 Å². The van der Waals surface area contributed by atoms with E-state index in [1.165, 1.54) is 6.07 Å². The second-order valence-corrected chi connectivity index (χ2v) is 7.67. The Labute approximate surface area is 183 Å². The van der Waals surface area contributed by atoms with Crippen LogP contribution < -0.4 is 15.0 Å². The molecule has 1 saturated heterocycles. The second kappa shape index (κ2) is 11.1. The minimum Gasteiger partial charge on any atom is -0.490 e. The average molecular weight is 431 g/mol. The minimum absolute atomic E-state index is 0.0536. The van der Waals surface area contributed by atoms with Gasteiger partial charge in [-0.15, -0.1) is 0 Å². The SMILES string of the molecule is CCOCCOc1ccccc1C(=O)NCc1ccc(N2CC(C)OC(C)C2)c(F)c1. The van der Waals surface area contributed by atoms with E-state index in [0.29, 0.717) is 55.5 Å². The molecule has 0 spiro atoms. The summed E-state index contributed by atoms with van der Waals surface area (Å²) in [6.07, 6.45) is 0.107. The summed E-state index contributed by atoms with van der Waals surface area (Å²) < 4.78 is 31.4. The van der Waals surface area contributed by atoms with Crippen molar-refractivity contribution in [3.63, 3.8) is 0 Å². The Kier molecular flexibility index (Phi) is 8.26. The van der Waals surface area contributed by atoms with Crippen molar-refractivity contribution in [3.8, 4) is 5.75 Å². The van der Waals surface area contributed by atoms with Crippen LogP contribution in [-0.4, -0.2) is 51.0 Å². The molecule has 1 amide bonds. The van der Waals surface area contributed by atoms with Crippen LogP contribution in [0.25, 0.3) is 0 Å². The molecule has 0 aliphatic carbocycles. The predicted molar refractivity (Wildman–Crippen MR) is 118 cm³/mol. The quantitative estimate of drug-likeness (QED) is 0.614. The van der Waals surface area contributed by atoms with Crippen LogP contribution in [0.2, 0.25) is 0 Å². The first-order chi connectivity index (χ1) is 15.0. The number of anilines is 1. The maximum Gasteiger partial charge on any atom is 0.255 e. The monoisotopic (exact) mass is 430 g/mol. The molecule has 0 bridgehead atoms. The van der Waals surface area contributed by atoms with E-state index in [1.54, 1.807) is 24.3 Å². The lowest BCUT2D eigenvalue weighted by molar-refractivity contribution is -0.00539. The number of hydrogen-bond acceptors (Lipinski definition) is 5. The molecule has 1 aliphatic heterocycles. The zero-order chi connectivity index (χ0) is 22.2. The summed E-state index contributed by atoms with van der Waals surface area (Å²) in [5.41, 5.74) is 1.69. The topological polar surface area (TPSA) is 60.0 Å². The van der Waals surface area contributed by atoms with Gasteiger partial charge in [0.25, 0.3) is 5.91 Å². The molecule has 2 unspecified atom stereocenters. The third-order valence-electron chi connectivity index (χ3n) is 5.05. The van der Waals surface area contributed by atoms with E-state index < -0.39 is 0 Å². The third-order valence-corrected chi connectivity index (χ3v) is 5.05. The van der Waals surface area contributed by atoms with Gasteiger partial charge < -0.3 is 24.4 Å². The standard InChI is InChI=1S/C24H31FN2O4/c1-4-29-11-12-30-23-8-6-5-7-20(23)24(28)26-14-19-9-10-22(21(25)13-19)27-15-17(2)31-18(3)16-27/h5-10,13,17-18H,4,11-12,14-16H2,1-3H3,(H,26,28). The van der Waals surface area contributed by atoms with Crippen LogP contribution in [0.5, 0.6) is 5.75 Å². The van der Waals surface area contributed by atoms with Crippen LogP contribution in [0, 0.1) is 5.82 Å². The highest BCUT2D eigenvalue weighted by atomic mass is 19.1. The number of halogens is 1. The summed E-state index contributed by atoms with van der Waals surface area (Å²) in [6, 6.07) is 12.1. The number of hydrogen-bond donors (Lipinski definition) is 1. The number of para-hydroxylation sites is 1. The van der Waals surface area contributed by atoms with Crippen LogP contribution in [-0.2, 0) is 16.0 Å². The molecule has 2 aromatic carbocycles. The van der Waals surface area contributed by atoms with Crippen molar-refractivity contribution in [1.82, 2.24) is 5.32 Å². The number of amides is 1. The smallest absolute Gasteiger partial charge is 0.255 e. The highest BCUT2D eigenvalue weighted by Gasteiger charge is 2.24. The largest absolute Gasteiger partial charge is 0.490 e. The lowest BCUT2D eigenvalue weighted by Crippen LogP contribution is -2.45. The van der Waals surface area contributed by atoms with E-state index >= 15 is 0 Å². The molecule has 31 heavy (non-hydrogen) atoms. The molecule has 3 rings (SSSR count). The maximum atomic E-state index is 14.8. The Hall–Kier alpha value is -2.64. The maximum absolute atomic E-state index is 14.8. The van der Waals surface area contributed by atoms with Gasteiger partial charge in [-0.05, 0) is 50.6 Å². The molecule has 7 heteroatoms. The summed E-state index contributed by atoms with van der Waals surface area (Å²) in [4.78, 5) is 14.7. The highest BCUT2D eigenvalue weighted by molar-refractivity contribution is 5.96. The number of rotatable bonds is 9. The first-order valence-corrected chi connectivity index (χ1v) is 10.7. The summed E-state index contributed by atoms with van der Waals surface area (Å²) in [5.74, 6) is -0.0724. The van der Waals surface area contributed by atoms with Crippen molar-refractivity contribution in [2.24, 2.45) is 0 Å². The molecule has 2 aromatic rings. The Morgan fingerprint density at radius 3 is 2.61 bits per heavy atom. The average Bonchev–Trinajstić information content (AvgIpc) is 2.74. The van der Waals surface area contributed by atoms with Gasteiger partial charge in [0, 0.05) is 26.2 Å². The van der Waals surface area contributed by atoms with Crippen molar-refractivity contribution in [3.05, 3.63) is 59.4 Å². The van der Waals surface area contributed by atoms with E-state index in [-0.39, 0.29) is 30.5 Å². The van der Waals surface area contributed by atoms with Crippen molar-refractivity contribution < 1.29 is 23.4 Å². The van der Waals surface area contributed by atoms with Crippen LogP contribution in [0.15, 0.2) is 42.5 Å². The third kappa shape index (κ3) is 6.42. The Morgan fingerprint density at radius 2 is 1.90 bits per heavy atom. The molecule has 1 heterocycles. The number of nitrogens with one attached hydrogen (secondary N) is 1. The predicted octanol–water partition coefficient (Wildman–Crippen LogP) is 3.78. The van der Waals surface area contributed by atoms with E-state index in [0.717, 1.165) is 0 Å². The fraction of sp³-hybridized carbons (Fsp3) is 0.458. The van der Waals surface area contributed by atoms with Gasteiger partial charge in [-0.25, -0.2) is 4.39 Å². The first kappa shape index (κ1) is 23.0. The Balaban J connectivity index is 1.60. The lowest BCUT2D eigenvalue weighted by atomic mass is 10.1. The highest BCUT2D eigenvalue weighted by Crippen LogP contribution is 2.25. The van der Waals surface area contributed by atoms with Gasteiger partial charge in [0.2, 0.25) is 0 Å². The number of morpholine rings is 1. The number of ether oxygens (including phenoxy) is 3. The van der Waals surface area contributed by atoms with Crippen LogP contribution in [0.3, 0.4) is 0 Å². The van der Waals surface area contributed by atoms with Crippen LogP contribution in [0.4, 0.5) is 10.1 Å². The molecule has 0 saturated carbocycles. The Morgan fingerprint density at radius 1 is 1.16 bits per heavy atom. The summed E-state index contributed by atoms with van der Waals surface area (Å²) in [7, 11) is 0. The second-order valence-electron chi connectivity index (χ2n) is 7.67. The molecule has 1 fully saturated rings. The molecule has 2 atom stereocenters. The van der Waals surface area contributed by atoms with Crippen molar-refractivity contribution in [1.29, 1.82) is 0 Å². The molecule has 6 nitrogen and oxygen atoms in total. The molecular weight excluding hydrogens is 399 g/mol. The van der Waals surface area contributed by atoms with E-state index in [1.807, 2.05) is 37.8 Å². The van der Waals surface area contributed by atoms with Gasteiger partial charge in [-0.3, -0.25) is 4.79 Å². The summed E-state index contributed by atoms with van der Waals surface area (Å²) in [6.45, 7) is 8.85. The lowest BCUT2D eigenvalue weighted by Gasteiger charge is -2.37.